The summed E-state index contributed by atoms with van der Waals surface area (Å²) in [6.07, 6.45) is 10.9. The minimum absolute atomic E-state index is 0.00243. The van der Waals surface area contributed by atoms with Gasteiger partial charge in [-0.25, -0.2) is 9.37 Å². The maximum atomic E-state index is 13.6. The van der Waals surface area contributed by atoms with Crippen molar-refractivity contribution < 1.29 is 9.18 Å². The van der Waals surface area contributed by atoms with Crippen molar-refractivity contribution in [1.29, 1.82) is 0 Å². The number of benzene rings is 2. The quantitative estimate of drug-likeness (QED) is 0.200. The standard InChI is InChI=1S/C27H32ClFN6O/c28-23-16-32-27(35-26(23)34-24-12-10-20(29)15-22(24)25(31)36)33-21-11-9-18-7-5-17(4-2-1-3-13-30)6-8-19(18)14-21/h9-12,14-17H,1-8,13,30H2,(H2,31,36)(H2,32,33,34,35)/t17-/m0/s1. The summed E-state index contributed by atoms with van der Waals surface area (Å²) in [5.74, 6) is 0.0537. The van der Waals surface area contributed by atoms with E-state index in [4.69, 9.17) is 23.1 Å². The van der Waals surface area contributed by atoms with Gasteiger partial charge < -0.3 is 22.1 Å². The number of halogens is 2. The maximum Gasteiger partial charge on any atom is 0.250 e. The lowest BCUT2D eigenvalue weighted by atomic mass is 9.93. The Morgan fingerprint density at radius 3 is 2.64 bits per heavy atom. The van der Waals surface area contributed by atoms with Crippen LogP contribution in [0.5, 0.6) is 0 Å². The minimum Gasteiger partial charge on any atom is -0.366 e. The van der Waals surface area contributed by atoms with Gasteiger partial charge in [0.1, 0.15) is 10.8 Å². The molecular formula is C27H32ClFN6O. The Kier molecular flexibility index (Phi) is 8.72. The zero-order valence-corrected chi connectivity index (χ0v) is 21.0. The van der Waals surface area contributed by atoms with Crippen molar-refractivity contribution in [3.8, 4) is 0 Å². The van der Waals surface area contributed by atoms with Gasteiger partial charge in [-0.2, -0.15) is 4.98 Å². The fourth-order valence-corrected chi connectivity index (χ4v) is 4.83. The molecule has 1 aliphatic rings. The number of nitrogens with two attached hydrogens (primary N) is 2. The number of primary amides is 1. The van der Waals surface area contributed by atoms with Crippen molar-refractivity contribution in [1.82, 2.24) is 9.97 Å². The number of carbonyl (C=O) groups excluding carboxylic acids is 1. The molecule has 190 valence electrons. The number of amides is 1. The van der Waals surface area contributed by atoms with Crippen LogP contribution in [0.1, 0.15) is 60.0 Å². The Hall–Kier alpha value is -3.23. The summed E-state index contributed by atoms with van der Waals surface area (Å²) in [5.41, 5.74) is 15.0. The molecule has 0 fully saturated rings. The van der Waals surface area contributed by atoms with E-state index in [0.29, 0.717) is 11.6 Å². The lowest BCUT2D eigenvalue weighted by Gasteiger charge is -2.13. The second-order valence-electron chi connectivity index (χ2n) is 9.26. The summed E-state index contributed by atoms with van der Waals surface area (Å²) in [4.78, 5) is 20.5. The minimum atomic E-state index is -0.761. The van der Waals surface area contributed by atoms with E-state index in [1.807, 2.05) is 6.07 Å². The van der Waals surface area contributed by atoms with Crippen LogP contribution in [0.3, 0.4) is 0 Å². The first-order valence-corrected chi connectivity index (χ1v) is 12.8. The van der Waals surface area contributed by atoms with Gasteiger partial charge in [-0.3, -0.25) is 4.79 Å². The molecule has 2 aromatic carbocycles. The number of nitrogens with one attached hydrogen (secondary N) is 2. The van der Waals surface area contributed by atoms with Crippen molar-refractivity contribution >= 4 is 40.6 Å². The molecule has 0 unspecified atom stereocenters. The average Bonchev–Trinajstić information content (AvgIpc) is 3.07. The second kappa shape index (κ2) is 12.1. The van der Waals surface area contributed by atoms with Gasteiger partial charge in [-0.05, 0) is 86.0 Å². The van der Waals surface area contributed by atoms with Crippen LogP contribution in [0.15, 0.2) is 42.6 Å². The summed E-state index contributed by atoms with van der Waals surface area (Å²) in [6, 6.07) is 10.1. The van der Waals surface area contributed by atoms with E-state index in [1.54, 1.807) is 0 Å². The smallest absolute Gasteiger partial charge is 0.250 e. The number of aromatic nitrogens is 2. The second-order valence-corrected chi connectivity index (χ2v) is 9.67. The Bertz CT molecular complexity index is 1220. The molecule has 0 aliphatic heterocycles. The third-order valence-electron chi connectivity index (χ3n) is 6.67. The number of aryl methyl sites for hydroxylation is 2. The number of unbranched alkanes of at least 4 members (excludes halogenated alkanes) is 2. The predicted octanol–water partition coefficient (Wildman–Crippen LogP) is 5.87. The van der Waals surface area contributed by atoms with Crippen LogP contribution < -0.4 is 22.1 Å². The number of nitrogens with zero attached hydrogens (tertiary/aromatic N) is 2. The monoisotopic (exact) mass is 510 g/mol. The average molecular weight is 511 g/mol. The molecule has 1 atom stereocenters. The first-order chi connectivity index (χ1) is 17.4. The van der Waals surface area contributed by atoms with Crippen LogP contribution >= 0.6 is 11.6 Å². The number of rotatable bonds is 10. The highest BCUT2D eigenvalue weighted by molar-refractivity contribution is 6.33. The Balaban J connectivity index is 1.45. The van der Waals surface area contributed by atoms with Crippen LogP contribution in [-0.4, -0.2) is 22.4 Å². The van der Waals surface area contributed by atoms with E-state index < -0.39 is 11.7 Å². The zero-order chi connectivity index (χ0) is 25.5. The number of anilines is 4. The van der Waals surface area contributed by atoms with E-state index >= 15 is 0 Å². The highest BCUT2D eigenvalue weighted by atomic mass is 35.5. The van der Waals surface area contributed by atoms with Crippen molar-refractivity contribution in [2.75, 3.05) is 17.2 Å². The van der Waals surface area contributed by atoms with E-state index in [9.17, 15) is 9.18 Å². The highest BCUT2D eigenvalue weighted by Gasteiger charge is 2.17. The largest absolute Gasteiger partial charge is 0.366 e. The summed E-state index contributed by atoms with van der Waals surface area (Å²) in [5, 5.41) is 6.46. The highest BCUT2D eigenvalue weighted by Crippen LogP contribution is 2.31. The van der Waals surface area contributed by atoms with Gasteiger partial charge in [0.25, 0.3) is 5.91 Å². The van der Waals surface area contributed by atoms with E-state index in [1.165, 1.54) is 61.6 Å². The molecule has 0 saturated carbocycles. The molecule has 6 N–H and O–H groups in total. The molecule has 7 nitrogen and oxygen atoms in total. The van der Waals surface area contributed by atoms with Gasteiger partial charge in [-0.15, -0.1) is 0 Å². The third kappa shape index (κ3) is 6.71. The first-order valence-electron chi connectivity index (χ1n) is 12.4. The van der Waals surface area contributed by atoms with Gasteiger partial charge in [0.05, 0.1) is 17.4 Å². The summed E-state index contributed by atoms with van der Waals surface area (Å²) in [7, 11) is 0. The molecule has 0 saturated heterocycles. The SMILES string of the molecule is NCCCCC[C@H]1CCc2ccc(Nc3ncc(Cl)c(Nc4ccc(F)cc4C(N)=O)n3)cc2CC1. The van der Waals surface area contributed by atoms with E-state index in [0.717, 1.165) is 43.5 Å². The number of hydrogen-bond donors (Lipinski definition) is 4. The molecule has 1 amide bonds. The number of hydrogen-bond acceptors (Lipinski definition) is 6. The number of fused-ring (bicyclic) bond motifs is 1. The van der Waals surface area contributed by atoms with Crippen LogP contribution in [0.4, 0.5) is 27.5 Å². The Morgan fingerprint density at radius 1 is 1.06 bits per heavy atom. The van der Waals surface area contributed by atoms with Crippen LogP contribution in [0, 0.1) is 11.7 Å². The van der Waals surface area contributed by atoms with Gasteiger partial charge in [0.2, 0.25) is 5.95 Å². The molecule has 0 radical (unpaired) electrons. The zero-order valence-electron chi connectivity index (χ0n) is 20.2. The fraction of sp³-hybridized carbons (Fsp3) is 0.370. The molecule has 1 aromatic heterocycles. The fourth-order valence-electron chi connectivity index (χ4n) is 4.69. The van der Waals surface area contributed by atoms with E-state index in [2.05, 4.69) is 32.7 Å². The predicted molar refractivity (Wildman–Crippen MR) is 143 cm³/mol. The molecule has 4 rings (SSSR count). The summed E-state index contributed by atoms with van der Waals surface area (Å²) >= 11 is 6.28. The maximum absolute atomic E-state index is 13.6. The van der Waals surface area contributed by atoms with Crippen molar-refractivity contribution in [2.45, 2.75) is 51.4 Å². The Labute approximate surface area is 215 Å². The van der Waals surface area contributed by atoms with E-state index in [-0.39, 0.29) is 16.4 Å². The molecule has 3 aromatic rings. The molecular weight excluding hydrogens is 479 g/mol. The summed E-state index contributed by atoms with van der Waals surface area (Å²) < 4.78 is 13.6. The molecule has 1 heterocycles. The van der Waals surface area contributed by atoms with Crippen molar-refractivity contribution in [3.63, 3.8) is 0 Å². The van der Waals surface area contributed by atoms with Crippen LogP contribution in [0.25, 0.3) is 0 Å². The van der Waals surface area contributed by atoms with Crippen LogP contribution in [0.2, 0.25) is 5.02 Å². The normalized spacial score (nSPS) is 15.1. The lowest BCUT2D eigenvalue weighted by Crippen LogP contribution is -2.14. The summed E-state index contributed by atoms with van der Waals surface area (Å²) in [6.45, 7) is 0.779. The van der Waals surface area contributed by atoms with Gasteiger partial charge in [0, 0.05) is 5.69 Å². The Morgan fingerprint density at radius 2 is 1.86 bits per heavy atom. The molecule has 1 aliphatic carbocycles. The van der Waals surface area contributed by atoms with Crippen LogP contribution in [-0.2, 0) is 12.8 Å². The van der Waals surface area contributed by atoms with Gasteiger partial charge in [-0.1, -0.05) is 36.9 Å². The molecule has 36 heavy (non-hydrogen) atoms. The molecule has 9 heteroatoms. The molecule has 0 spiro atoms. The topological polar surface area (TPSA) is 119 Å². The van der Waals surface area contributed by atoms with Gasteiger partial charge >= 0.3 is 0 Å². The van der Waals surface area contributed by atoms with Gasteiger partial charge in [0.15, 0.2) is 5.82 Å². The molecule has 0 bridgehead atoms. The van der Waals surface area contributed by atoms with Crippen molar-refractivity contribution in [2.24, 2.45) is 17.4 Å². The lowest BCUT2D eigenvalue weighted by molar-refractivity contribution is 0.100. The third-order valence-corrected chi connectivity index (χ3v) is 6.94. The number of carbonyl (C=O) groups is 1. The van der Waals surface area contributed by atoms with Crippen molar-refractivity contribution in [3.05, 3.63) is 70.1 Å². The first kappa shape index (κ1) is 25.9.